The predicted molar refractivity (Wildman–Crippen MR) is 93.6 cm³/mol. The van der Waals surface area contributed by atoms with E-state index in [0.717, 1.165) is 18.5 Å². The molecule has 0 fully saturated rings. The number of rotatable bonds is 1. The van der Waals surface area contributed by atoms with E-state index in [1.807, 2.05) is 6.07 Å². The summed E-state index contributed by atoms with van der Waals surface area (Å²) in [4.78, 5) is 2.52. The molecule has 0 saturated carbocycles. The number of para-hydroxylation sites is 1. The molecule has 2 atom stereocenters. The normalized spacial score (nSPS) is 29.3. The third kappa shape index (κ3) is 1.55. The molecule has 2 nitrogen and oxygen atoms in total. The average Bonchev–Trinajstić information content (AvgIpc) is 2.73. The molecule has 2 unspecified atom stereocenters. The van der Waals surface area contributed by atoms with Gasteiger partial charge in [-0.05, 0) is 55.7 Å². The first kappa shape index (κ1) is 13.4. The third-order valence-electron chi connectivity index (χ3n) is 5.76. The molecule has 2 heteroatoms. The minimum atomic E-state index is 0.0409. The highest BCUT2D eigenvalue weighted by Gasteiger charge is 2.56. The van der Waals surface area contributed by atoms with Crippen LogP contribution in [0.1, 0.15) is 32.3 Å². The van der Waals surface area contributed by atoms with Crippen LogP contribution in [0.4, 0.5) is 17.1 Å². The molecule has 0 aromatic heterocycles. The number of nitrogens with zero attached hydrogens (tertiary/aromatic N) is 1. The number of fused-ring (bicyclic) bond motifs is 3. The lowest BCUT2D eigenvalue weighted by Crippen LogP contribution is -2.53. The smallest absolute Gasteiger partial charge is 0.0555 e. The lowest BCUT2D eigenvalue weighted by molar-refractivity contribution is 0.270. The SMILES string of the molecule is CC12CC=CCC1(C)N(c1ccccc1)c1ccc(N)cc12. The van der Waals surface area contributed by atoms with Crippen molar-refractivity contribution in [3.63, 3.8) is 0 Å². The fourth-order valence-corrected chi connectivity index (χ4v) is 4.27. The summed E-state index contributed by atoms with van der Waals surface area (Å²) in [5, 5.41) is 0. The monoisotopic (exact) mass is 290 g/mol. The molecule has 2 aromatic rings. The number of anilines is 3. The molecule has 1 heterocycles. The third-order valence-corrected chi connectivity index (χ3v) is 5.76. The van der Waals surface area contributed by atoms with Crippen LogP contribution in [0.15, 0.2) is 60.7 Å². The summed E-state index contributed by atoms with van der Waals surface area (Å²) in [6.07, 6.45) is 6.76. The van der Waals surface area contributed by atoms with Crippen molar-refractivity contribution >= 4 is 17.1 Å². The van der Waals surface area contributed by atoms with Gasteiger partial charge in [0.1, 0.15) is 0 Å². The van der Waals surface area contributed by atoms with Crippen molar-refractivity contribution in [3.8, 4) is 0 Å². The molecule has 112 valence electrons. The van der Waals surface area contributed by atoms with E-state index in [9.17, 15) is 0 Å². The first-order valence-corrected chi connectivity index (χ1v) is 7.97. The molecule has 22 heavy (non-hydrogen) atoms. The van der Waals surface area contributed by atoms with Gasteiger partial charge in [0.05, 0.1) is 5.54 Å². The van der Waals surface area contributed by atoms with Crippen LogP contribution < -0.4 is 10.6 Å². The molecular weight excluding hydrogens is 268 g/mol. The molecule has 1 aliphatic heterocycles. The Kier molecular flexibility index (Phi) is 2.68. The quantitative estimate of drug-likeness (QED) is 0.604. The van der Waals surface area contributed by atoms with E-state index < -0.39 is 0 Å². The highest BCUT2D eigenvalue weighted by molar-refractivity contribution is 5.78. The van der Waals surface area contributed by atoms with Gasteiger partial charge in [0.2, 0.25) is 0 Å². The topological polar surface area (TPSA) is 29.3 Å². The van der Waals surface area contributed by atoms with Gasteiger partial charge in [-0.3, -0.25) is 0 Å². The van der Waals surface area contributed by atoms with Crippen LogP contribution in [-0.2, 0) is 5.41 Å². The van der Waals surface area contributed by atoms with Gasteiger partial charge < -0.3 is 10.6 Å². The molecule has 2 aliphatic rings. The predicted octanol–water partition coefficient (Wildman–Crippen LogP) is 4.79. The zero-order valence-corrected chi connectivity index (χ0v) is 13.2. The Morgan fingerprint density at radius 1 is 0.955 bits per heavy atom. The highest BCUT2D eigenvalue weighted by atomic mass is 15.2. The fourth-order valence-electron chi connectivity index (χ4n) is 4.27. The fraction of sp³-hybridized carbons (Fsp3) is 0.300. The summed E-state index contributed by atoms with van der Waals surface area (Å²) < 4.78 is 0. The Morgan fingerprint density at radius 2 is 1.68 bits per heavy atom. The van der Waals surface area contributed by atoms with Gasteiger partial charge >= 0.3 is 0 Å². The van der Waals surface area contributed by atoms with Gasteiger partial charge in [-0.2, -0.15) is 0 Å². The first-order valence-electron chi connectivity index (χ1n) is 7.97. The van der Waals surface area contributed by atoms with Crippen LogP contribution in [0.5, 0.6) is 0 Å². The molecule has 0 spiro atoms. The van der Waals surface area contributed by atoms with Gasteiger partial charge in [0, 0.05) is 22.5 Å². The Hall–Kier alpha value is -2.22. The Labute approximate surface area is 132 Å². The summed E-state index contributed by atoms with van der Waals surface area (Å²) >= 11 is 0. The summed E-state index contributed by atoms with van der Waals surface area (Å²) in [6, 6.07) is 17.1. The second kappa shape index (κ2) is 4.39. The van der Waals surface area contributed by atoms with Gasteiger partial charge in [-0.1, -0.05) is 37.3 Å². The van der Waals surface area contributed by atoms with E-state index in [2.05, 4.69) is 73.4 Å². The molecule has 0 bridgehead atoms. The Bertz CT molecular complexity index is 750. The van der Waals surface area contributed by atoms with Crippen LogP contribution in [0.2, 0.25) is 0 Å². The van der Waals surface area contributed by atoms with Crippen molar-refractivity contribution in [1.29, 1.82) is 0 Å². The maximum Gasteiger partial charge on any atom is 0.0555 e. The first-order chi connectivity index (χ1) is 10.6. The summed E-state index contributed by atoms with van der Waals surface area (Å²) in [7, 11) is 0. The maximum atomic E-state index is 6.10. The maximum absolute atomic E-state index is 6.10. The van der Waals surface area contributed by atoms with Crippen LogP contribution in [0, 0.1) is 0 Å². The largest absolute Gasteiger partial charge is 0.399 e. The van der Waals surface area contributed by atoms with Crippen LogP contribution >= 0.6 is 0 Å². The van der Waals surface area contributed by atoms with Crippen molar-refractivity contribution in [2.45, 2.75) is 37.6 Å². The molecule has 1 aliphatic carbocycles. The number of allylic oxidation sites excluding steroid dienone is 1. The van der Waals surface area contributed by atoms with E-state index in [0.29, 0.717) is 0 Å². The number of hydrogen-bond donors (Lipinski definition) is 1. The molecule has 2 N–H and O–H groups in total. The lowest BCUT2D eigenvalue weighted by atomic mass is 9.64. The lowest BCUT2D eigenvalue weighted by Gasteiger charge is -2.48. The average molecular weight is 290 g/mol. The van der Waals surface area contributed by atoms with Crippen LogP contribution in [-0.4, -0.2) is 5.54 Å². The van der Waals surface area contributed by atoms with E-state index in [1.165, 1.54) is 16.9 Å². The van der Waals surface area contributed by atoms with Crippen molar-refractivity contribution in [2.24, 2.45) is 0 Å². The second-order valence-corrected chi connectivity index (χ2v) is 6.93. The summed E-state index contributed by atoms with van der Waals surface area (Å²) in [5.41, 5.74) is 11.0. The van der Waals surface area contributed by atoms with E-state index in [4.69, 9.17) is 5.73 Å². The molecule has 2 aromatic carbocycles. The molecule has 0 amide bonds. The van der Waals surface area contributed by atoms with Crippen molar-refractivity contribution in [3.05, 3.63) is 66.2 Å². The Balaban J connectivity index is 2.01. The summed E-state index contributed by atoms with van der Waals surface area (Å²) in [6.45, 7) is 4.78. The van der Waals surface area contributed by atoms with Crippen molar-refractivity contribution in [1.82, 2.24) is 0 Å². The van der Waals surface area contributed by atoms with E-state index >= 15 is 0 Å². The highest BCUT2D eigenvalue weighted by Crippen LogP contribution is 2.59. The van der Waals surface area contributed by atoms with Gasteiger partial charge in [0.15, 0.2) is 0 Å². The van der Waals surface area contributed by atoms with Gasteiger partial charge in [0.25, 0.3) is 0 Å². The zero-order chi connectivity index (χ0) is 15.4. The molecule has 0 radical (unpaired) electrons. The van der Waals surface area contributed by atoms with Crippen molar-refractivity contribution in [2.75, 3.05) is 10.6 Å². The Morgan fingerprint density at radius 3 is 2.45 bits per heavy atom. The van der Waals surface area contributed by atoms with E-state index in [-0.39, 0.29) is 11.0 Å². The molecule has 0 saturated heterocycles. The molecular formula is C20H22N2. The van der Waals surface area contributed by atoms with Gasteiger partial charge in [-0.25, -0.2) is 0 Å². The zero-order valence-electron chi connectivity index (χ0n) is 13.2. The van der Waals surface area contributed by atoms with Crippen LogP contribution in [0.3, 0.4) is 0 Å². The standard InChI is InChI=1S/C20H22N2/c1-19-12-6-7-13-20(19,2)22(16-8-4-3-5-9-16)18-11-10-15(21)14-17(18)19/h3-11,14H,12-13,21H2,1-2H3. The van der Waals surface area contributed by atoms with Crippen LogP contribution in [0.25, 0.3) is 0 Å². The second-order valence-electron chi connectivity index (χ2n) is 6.93. The minimum Gasteiger partial charge on any atom is -0.399 e. The van der Waals surface area contributed by atoms with Gasteiger partial charge in [-0.15, -0.1) is 0 Å². The van der Waals surface area contributed by atoms with Crippen molar-refractivity contribution < 1.29 is 0 Å². The number of nitrogen functional groups attached to an aromatic ring is 1. The number of nitrogens with two attached hydrogens (primary N) is 1. The number of hydrogen-bond acceptors (Lipinski definition) is 2. The number of benzene rings is 2. The summed E-state index contributed by atoms with van der Waals surface area (Å²) in [5.74, 6) is 0. The van der Waals surface area contributed by atoms with E-state index in [1.54, 1.807) is 0 Å². The minimum absolute atomic E-state index is 0.0409. The molecule has 4 rings (SSSR count).